The highest BCUT2D eigenvalue weighted by Crippen LogP contribution is 2.24. The molecular weight excluding hydrogens is 284 g/mol. The number of hydrogen-bond donors (Lipinski definition) is 0. The van der Waals surface area contributed by atoms with Crippen LogP contribution in [0.1, 0.15) is 36.0 Å². The number of aromatic nitrogens is 2. The average Bonchev–Trinajstić information content (AvgIpc) is 3.13. The second-order valence-electron chi connectivity index (χ2n) is 5.42. The first-order valence-electron chi connectivity index (χ1n) is 7.35. The van der Waals surface area contributed by atoms with Crippen molar-refractivity contribution in [3.63, 3.8) is 0 Å². The van der Waals surface area contributed by atoms with E-state index in [0.29, 0.717) is 22.9 Å². The van der Waals surface area contributed by atoms with Crippen LogP contribution in [0.25, 0.3) is 11.5 Å². The molecule has 1 aromatic heterocycles. The summed E-state index contributed by atoms with van der Waals surface area (Å²) in [4.78, 5) is 12.3. The van der Waals surface area contributed by atoms with Crippen molar-refractivity contribution in [2.24, 2.45) is 0 Å². The summed E-state index contributed by atoms with van der Waals surface area (Å²) in [5, 5.41) is 7.75. The first kappa shape index (κ1) is 14.7. The van der Waals surface area contributed by atoms with Gasteiger partial charge in [0.05, 0.1) is 23.3 Å². The average molecular weight is 302 g/mol. The van der Waals surface area contributed by atoms with Crippen LogP contribution in [0.3, 0.4) is 0 Å². The molecular formula is C16H18N2O4. The Morgan fingerprint density at radius 1 is 1.32 bits per heavy atom. The number of carbonyl (C=O) groups excluding carboxylic acids is 1. The Balaban J connectivity index is 1.72. The van der Waals surface area contributed by atoms with Crippen molar-refractivity contribution < 1.29 is 18.7 Å². The summed E-state index contributed by atoms with van der Waals surface area (Å²) in [6.45, 7) is 3.99. The van der Waals surface area contributed by atoms with Crippen LogP contribution in [0.4, 0.5) is 0 Å². The van der Waals surface area contributed by atoms with E-state index < -0.39 is 5.97 Å². The van der Waals surface area contributed by atoms with Crippen LogP contribution in [-0.2, 0) is 9.47 Å². The molecule has 0 unspecified atom stereocenters. The number of benzene rings is 1. The van der Waals surface area contributed by atoms with Gasteiger partial charge in [0.2, 0.25) is 11.8 Å². The number of hydrogen-bond acceptors (Lipinski definition) is 6. The van der Waals surface area contributed by atoms with E-state index in [4.69, 9.17) is 13.9 Å². The van der Waals surface area contributed by atoms with Gasteiger partial charge in [-0.15, -0.1) is 10.2 Å². The third kappa shape index (κ3) is 3.17. The molecule has 1 aromatic carbocycles. The highest BCUT2D eigenvalue weighted by Gasteiger charge is 2.24. The van der Waals surface area contributed by atoms with E-state index in [2.05, 4.69) is 10.2 Å². The molecule has 1 aliphatic heterocycles. The fourth-order valence-electron chi connectivity index (χ4n) is 2.51. The fraction of sp³-hybridized carbons (Fsp3) is 0.438. The second kappa shape index (κ2) is 6.27. The van der Waals surface area contributed by atoms with Crippen LogP contribution in [-0.4, -0.2) is 35.0 Å². The molecule has 2 atom stereocenters. The number of nitrogens with zero attached hydrogens (tertiary/aromatic N) is 2. The highest BCUT2D eigenvalue weighted by molar-refractivity contribution is 5.96. The predicted octanol–water partition coefficient (Wildman–Crippen LogP) is 2.77. The summed E-state index contributed by atoms with van der Waals surface area (Å²) in [5.41, 5.74) is 0.992. The Labute approximate surface area is 128 Å². The zero-order valence-corrected chi connectivity index (χ0v) is 12.6. The molecule has 22 heavy (non-hydrogen) atoms. The maximum atomic E-state index is 12.3. The second-order valence-corrected chi connectivity index (χ2v) is 5.42. The SMILES string of the molecule is Cc1nnc(-c2ccccc2C(=O)OC[C@@H]2CC[C@@H](C)O2)o1. The molecule has 0 radical (unpaired) electrons. The normalized spacial score (nSPS) is 21.0. The Bertz CT molecular complexity index is 668. The number of rotatable bonds is 4. The van der Waals surface area contributed by atoms with Crippen molar-refractivity contribution in [2.75, 3.05) is 6.61 Å². The number of ether oxygens (including phenoxy) is 2. The van der Waals surface area contributed by atoms with Crippen molar-refractivity contribution in [3.8, 4) is 11.5 Å². The van der Waals surface area contributed by atoms with Gasteiger partial charge >= 0.3 is 5.97 Å². The van der Waals surface area contributed by atoms with Gasteiger partial charge in [-0.3, -0.25) is 0 Å². The van der Waals surface area contributed by atoms with Crippen LogP contribution in [0, 0.1) is 6.92 Å². The Morgan fingerprint density at radius 2 is 2.14 bits per heavy atom. The quantitative estimate of drug-likeness (QED) is 0.808. The van der Waals surface area contributed by atoms with Gasteiger partial charge in [-0.2, -0.15) is 0 Å². The zero-order chi connectivity index (χ0) is 15.5. The first-order chi connectivity index (χ1) is 10.6. The molecule has 2 aromatic rings. The van der Waals surface area contributed by atoms with Crippen molar-refractivity contribution in [1.29, 1.82) is 0 Å². The van der Waals surface area contributed by atoms with Gasteiger partial charge in [-0.1, -0.05) is 12.1 Å². The third-order valence-electron chi connectivity index (χ3n) is 3.62. The van der Waals surface area contributed by atoms with Crippen LogP contribution in [0.5, 0.6) is 0 Å². The van der Waals surface area contributed by atoms with Crippen molar-refractivity contribution in [2.45, 2.75) is 38.9 Å². The van der Waals surface area contributed by atoms with Gasteiger partial charge in [0.1, 0.15) is 6.61 Å². The van der Waals surface area contributed by atoms with E-state index in [-0.39, 0.29) is 18.8 Å². The number of carbonyl (C=O) groups is 1. The maximum absolute atomic E-state index is 12.3. The Morgan fingerprint density at radius 3 is 2.82 bits per heavy atom. The summed E-state index contributed by atoms with van der Waals surface area (Å²) in [6, 6.07) is 7.04. The van der Waals surface area contributed by atoms with E-state index in [0.717, 1.165) is 12.8 Å². The fourth-order valence-corrected chi connectivity index (χ4v) is 2.51. The molecule has 6 nitrogen and oxygen atoms in total. The first-order valence-corrected chi connectivity index (χ1v) is 7.35. The predicted molar refractivity (Wildman–Crippen MR) is 78.3 cm³/mol. The summed E-state index contributed by atoms with van der Waals surface area (Å²) in [7, 11) is 0. The molecule has 0 aliphatic carbocycles. The molecule has 1 saturated heterocycles. The van der Waals surface area contributed by atoms with Crippen LogP contribution in [0.2, 0.25) is 0 Å². The van der Waals surface area contributed by atoms with Gasteiger partial charge in [0, 0.05) is 6.92 Å². The summed E-state index contributed by atoms with van der Waals surface area (Å²) in [6.07, 6.45) is 2.13. The van der Waals surface area contributed by atoms with Crippen molar-refractivity contribution >= 4 is 5.97 Å². The Kier molecular flexibility index (Phi) is 4.20. The standard InChI is InChI=1S/C16H18N2O4/c1-10-7-8-12(21-10)9-20-16(19)14-6-4-3-5-13(14)15-18-17-11(2)22-15/h3-6,10,12H,7-9H2,1-2H3/t10-,12+/m1/s1. The molecule has 1 aliphatic rings. The topological polar surface area (TPSA) is 74.5 Å². The molecule has 0 amide bonds. The molecule has 116 valence electrons. The number of aryl methyl sites for hydroxylation is 1. The van der Waals surface area contributed by atoms with Gasteiger partial charge < -0.3 is 13.9 Å². The van der Waals surface area contributed by atoms with E-state index >= 15 is 0 Å². The van der Waals surface area contributed by atoms with Gasteiger partial charge in [-0.25, -0.2) is 4.79 Å². The Hall–Kier alpha value is -2.21. The smallest absolute Gasteiger partial charge is 0.339 e. The lowest BCUT2D eigenvalue weighted by molar-refractivity contribution is -0.00262. The molecule has 0 spiro atoms. The van der Waals surface area contributed by atoms with Crippen LogP contribution in [0.15, 0.2) is 28.7 Å². The highest BCUT2D eigenvalue weighted by atomic mass is 16.6. The summed E-state index contributed by atoms with van der Waals surface area (Å²) >= 11 is 0. The monoisotopic (exact) mass is 302 g/mol. The maximum Gasteiger partial charge on any atom is 0.339 e. The molecule has 6 heteroatoms. The van der Waals surface area contributed by atoms with Crippen LogP contribution < -0.4 is 0 Å². The molecule has 0 N–H and O–H groups in total. The molecule has 1 fully saturated rings. The van der Waals surface area contributed by atoms with Crippen LogP contribution >= 0.6 is 0 Å². The third-order valence-corrected chi connectivity index (χ3v) is 3.62. The van der Waals surface area contributed by atoms with Gasteiger partial charge in [0.15, 0.2) is 0 Å². The van der Waals surface area contributed by atoms with E-state index in [1.54, 1.807) is 25.1 Å². The summed E-state index contributed by atoms with van der Waals surface area (Å²) < 4.78 is 16.4. The van der Waals surface area contributed by atoms with E-state index in [9.17, 15) is 4.79 Å². The largest absolute Gasteiger partial charge is 0.459 e. The lowest BCUT2D eigenvalue weighted by atomic mass is 10.1. The molecule has 2 heterocycles. The lowest BCUT2D eigenvalue weighted by Crippen LogP contribution is -2.19. The molecule has 0 saturated carbocycles. The minimum atomic E-state index is -0.408. The summed E-state index contributed by atoms with van der Waals surface area (Å²) in [5.74, 6) is 0.358. The number of esters is 1. The molecule has 0 bridgehead atoms. The zero-order valence-electron chi connectivity index (χ0n) is 12.6. The minimum Gasteiger partial charge on any atom is -0.459 e. The van der Waals surface area contributed by atoms with E-state index in [1.165, 1.54) is 0 Å². The lowest BCUT2D eigenvalue weighted by Gasteiger charge is -2.12. The van der Waals surface area contributed by atoms with Crippen molar-refractivity contribution in [3.05, 3.63) is 35.7 Å². The van der Waals surface area contributed by atoms with E-state index in [1.807, 2.05) is 13.0 Å². The van der Waals surface area contributed by atoms with Gasteiger partial charge in [0.25, 0.3) is 0 Å². The van der Waals surface area contributed by atoms with Crippen molar-refractivity contribution in [1.82, 2.24) is 10.2 Å². The molecule has 3 rings (SSSR count). The van der Waals surface area contributed by atoms with Gasteiger partial charge in [-0.05, 0) is 31.9 Å². The minimum absolute atomic E-state index is 0.0169.